The topological polar surface area (TPSA) is 70.2 Å². The quantitative estimate of drug-likeness (QED) is 0.620. The van der Waals surface area contributed by atoms with E-state index in [0.717, 1.165) is 13.0 Å². The number of amides is 2. The summed E-state index contributed by atoms with van der Waals surface area (Å²) < 4.78 is 0. The van der Waals surface area contributed by atoms with E-state index in [1.54, 1.807) is 7.05 Å². The molecule has 3 N–H and O–H groups in total. The maximum Gasteiger partial charge on any atom is 0.221 e. The Balaban J connectivity index is 2.02. The maximum atomic E-state index is 11.5. The van der Waals surface area contributed by atoms with Gasteiger partial charge in [0, 0.05) is 32.5 Å². The summed E-state index contributed by atoms with van der Waals surface area (Å²) in [5.74, 6) is 0.000485. The fraction of sp³-hybridized carbons (Fsp3) is 0.833. The molecule has 0 bridgehead atoms. The summed E-state index contributed by atoms with van der Waals surface area (Å²) in [6, 6.07) is 0.494. The van der Waals surface area contributed by atoms with Crippen LogP contribution in [0.3, 0.4) is 0 Å². The van der Waals surface area contributed by atoms with Gasteiger partial charge in [0.1, 0.15) is 0 Å². The van der Waals surface area contributed by atoms with E-state index >= 15 is 0 Å². The molecule has 0 radical (unpaired) electrons. The zero-order chi connectivity index (χ0) is 12.5. The zero-order valence-corrected chi connectivity index (χ0v) is 10.6. The van der Waals surface area contributed by atoms with Gasteiger partial charge >= 0.3 is 0 Å². The van der Waals surface area contributed by atoms with Gasteiger partial charge in [-0.3, -0.25) is 9.59 Å². The first-order valence-corrected chi connectivity index (χ1v) is 6.43. The van der Waals surface area contributed by atoms with Crippen LogP contribution < -0.4 is 16.0 Å². The van der Waals surface area contributed by atoms with Crippen molar-refractivity contribution < 1.29 is 9.59 Å². The Morgan fingerprint density at radius 3 is 2.71 bits per heavy atom. The number of nitrogens with one attached hydrogen (secondary N) is 3. The van der Waals surface area contributed by atoms with Gasteiger partial charge in [-0.15, -0.1) is 0 Å². The molecule has 0 aromatic heterocycles. The predicted octanol–water partition coefficient (Wildman–Crippen LogP) is 0.161. The van der Waals surface area contributed by atoms with Gasteiger partial charge in [-0.25, -0.2) is 0 Å². The van der Waals surface area contributed by atoms with E-state index in [1.165, 1.54) is 19.3 Å². The summed E-state index contributed by atoms with van der Waals surface area (Å²) in [6.07, 6.45) is 5.47. The molecule has 2 amide bonds. The van der Waals surface area contributed by atoms with Gasteiger partial charge < -0.3 is 16.0 Å². The van der Waals surface area contributed by atoms with Crippen LogP contribution in [0.2, 0.25) is 0 Å². The maximum absolute atomic E-state index is 11.5. The molecule has 5 nitrogen and oxygen atoms in total. The molecule has 1 fully saturated rings. The lowest BCUT2D eigenvalue weighted by molar-refractivity contribution is -0.122. The first-order chi connectivity index (χ1) is 8.22. The number of carbonyl (C=O) groups is 2. The second kappa shape index (κ2) is 8.06. The van der Waals surface area contributed by atoms with Crippen molar-refractivity contribution in [1.82, 2.24) is 16.0 Å². The van der Waals surface area contributed by atoms with Crippen LogP contribution in [-0.2, 0) is 9.59 Å². The minimum Gasteiger partial charge on any atom is -0.359 e. The molecule has 1 heterocycles. The first kappa shape index (κ1) is 14.0. The van der Waals surface area contributed by atoms with Crippen LogP contribution in [0.1, 0.15) is 38.5 Å². The van der Waals surface area contributed by atoms with Crippen LogP contribution in [-0.4, -0.2) is 38.0 Å². The van der Waals surface area contributed by atoms with Crippen molar-refractivity contribution in [3.63, 3.8) is 0 Å². The fourth-order valence-corrected chi connectivity index (χ4v) is 2.00. The Kier molecular flexibility index (Phi) is 6.62. The number of piperidine rings is 1. The van der Waals surface area contributed by atoms with Crippen molar-refractivity contribution in [2.24, 2.45) is 0 Å². The molecule has 5 heteroatoms. The van der Waals surface area contributed by atoms with Gasteiger partial charge in [-0.05, 0) is 25.8 Å². The summed E-state index contributed by atoms with van der Waals surface area (Å²) in [4.78, 5) is 22.4. The van der Waals surface area contributed by atoms with Crippen LogP contribution in [0.15, 0.2) is 0 Å². The van der Waals surface area contributed by atoms with Crippen molar-refractivity contribution in [3.05, 3.63) is 0 Å². The summed E-state index contributed by atoms with van der Waals surface area (Å²) in [5.41, 5.74) is 0. The van der Waals surface area contributed by atoms with Crippen LogP contribution in [0.25, 0.3) is 0 Å². The van der Waals surface area contributed by atoms with Gasteiger partial charge in [-0.1, -0.05) is 6.42 Å². The molecule has 1 aliphatic rings. The Morgan fingerprint density at radius 2 is 2.06 bits per heavy atom. The highest BCUT2D eigenvalue weighted by Crippen LogP contribution is 2.11. The van der Waals surface area contributed by atoms with Crippen molar-refractivity contribution in [2.45, 2.75) is 44.6 Å². The zero-order valence-electron chi connectivity index (χ0n) is 10.6. The van der Waals surface area contributed by atoms with Gasteiger partial charge in [0.05, 0.1) is 0 Å². The third kappa shape index (κ3) is 6.26. The number of hydrogen-bond donors (Lipinski definition) is 3. The van der Waals surface area contributed by atoms with Crippen LogP contribution in [0, 0.1) is 0 Å². The highest BCUT2D eigenvalue weighted by atomic mass is 16.2. The minimum absolute atomic E-state index is 0.0424. The second-order valence-electron chi connectivity index (χ2n) is 4.46. The Morgan fingerprint density at radius 1 is 1.24 bits per heavy atom. The van der Waals surface area contributed by atoms with Gasteiger partial charge in [0.2, 0.25) is 11.8 Å². The highest BCUT2D eigenvalue weighted by molar-refractivity contribution is 5.78. The molecule has 1 aliphatic heterocycles. The van der Waals surface area contributed by atoms with E-state index in [0.29, 0.717) is 25.4 Å². The van der Waals surface area contributed by atoms with Gasteiger partial charge in [0.25, 0.3) is 0 Å². The molecule has 1 atom stereocenters. The van der Waals surface area contributed by atoms with Gasteiger partial charge in [-0.2, -0.15) is 0 Å². The average molecular weight is 241 g/mol. The van der Waals surface area contributed by atoms with Crippen LogP contribution in [0.5, 0.6) is 0 Å². The molecule has 1 unspecified atom stereocenters. The lowest BCUT2D eigenvalue weighted by Gasteiger charge is -2.23. The third-order valence-electron chi connectivity index (χ3n) is 3.09. The number of hydrogen-bond acceptors (Lipinski definition) is 3. The van der Waals surface area contributed by atoms with E-state index in [4.69, 9.17) is 0 Å². The van der Waals surface area contributed by atoms with Crippen LogP contribution in [0.4, 0.5) is 0 Å². The monoisotopic (exact) mass is 241 g/mol. The molecule has 0 saturated carbocycles. The predicted molar refractivity (Wildman–Crippen MR) is 66.6 cm³/mol. The van der Waals surface area contributed by atoms with Crippen molar-refractivity contribution in [3.8, 4) is 0 Å². The summed E-state index contributed by atoms with van der Waals surface area (Å²) >= 11 is 0. The highest BCUT2D eigenvalue weighted by Gasteiger charge is 2.13. The lowest BCUT2D eigenvalue weighted by atomic mass is 10.0. The van der Waals surface area contributed by atoms with Crippen molar-refractivity contribution in [2.75, 3.05) is 20.1 Å². The Labute approximate surface area is 103 Å². The Bertz CT molecular complexity index is 250. The summed E-state index contributed by atoms with van der Waals surface area (Å²) in [5, 5.41) is 8.70. The molecule has 98 valence electrons. The molecule has 0 spiro atoms. The van der Waals surface area contributed by atoms with Gasteiger partial charge in [0.15, 0.2) is 0 Å². The number of carbonyl (C=O) groups excluding carboxylic acids is 2. The standard InChI is InChI=1S/C12H23N3O2/c1-13-11(16)7-9-15-12(17)6-5-10-4-2-3-8-14-10/h10,14H,2-9H2,1H3,(H,13,16)(H,15,17). The van der Waals surface area contributed by atoms with E-state index in [2.05, 4.69) is 16.0 Å². The average Bonchev–Trinajstić information content (AvgIpc) is 2.37. The minimum atomic E-state index is -0.0424. The SMILES string of the molecule is CNC(=O)CCNC(=O)CCC1CCCCN1. The molecular formula is C12H23N3O2. The normalized spacial score (nSPS) is 19.7. The molecule has 0 aliphatic carbocycles. The molecule has 1 rings (SSSR count). The van der Waals surface area contributed by atoms with E-state index in [1.807, 2.05) is 0 Å². The van der Waals surface area contributed by atoms with Crippen LogP contribution >= 0.6 is 0 Å². The smallest absolute Gasteiger partial charge is 0.221 e. The third-order valence-corrected chi connectivity index (χ3v) is 3.09. The first-order valence-electron chi connectivity index (χ1n) is 6.43. The van der Waals surface area contributed by atoms with E-state index in [-0.39, 0.29) is 11.8 Å². The lowest BCUT2D eigenvalue weighted by Crippen LogP contribution is -2.35. The number of rotatable bonds is 6. The second-order valence-corrected chi connectivity index (χ2v) is 4.46. The fourth-order valence-electron chi connectivity index (χ4n) is 2.00. The van der Waals surface area contributed by atoms with E-state index < -0.39 is 0 Å². The molecular weight excluding hydrogens is 218 g/mol. The Hall–Kier alpha value is -1.10. The molecule has 17 heavy (non-hydrogen) atoms. The molecule has 0 aromatic rings. The summed E-state index contributed by atoms with van der Waals surface area (Å²) in [6.45, 7) is 1.50. The molecule has 0 aromatic carbocycles. The largest absolute Gasteiger partial charge is 0.359 e. The summed E-state index contributed by atoms with van der Waals surface area (Å²) in [7, 11) is 1.60. The molecule has 1 saturated heterocycles. The van der Waals surface area contributed by atoms with E-state index in [9.17, 15) is 9.59 Å². The van der Waals surface area contributed by atoms with Crippen molar-refractivity contribution >= 4 is 11.8 Å². The van der Waals surface area contributed by atoms with Crippen molar-refractivity contribution in [1.29, 1.82) is 0 Å².